The summed E-state index contributed by atoms with van der Waals surface area (Å²) in [6, 6.07) is 0. The van der Waals surface area contributed by atoms with Crippen LogP contribution in [0.2, 0.25) is 0 Å². The number of hydrogen-bond donors (Lipinski definition) is 1. The summed E-state index contributed by atoms with van der Waals surface area (Å²) in [7, 11) is 0. The highest BCUT2D eigenvalue weighted by Crippen LogP contribution is 2.35. The molecule has 0 aliphatic carbocycles. The zero-order chi connectivity index (χ0) is 14.6. The fraction of sp³-hybridized carbons (Fsp3) is 0.938. The molecular weight excluding hydrogens is 252 g/mol. The summed E-state index contributed by atoms with van der Waals surface area (Å²) >= 11 is 0. The van der Waals surface area contributed by atoms with E-state index in [-0.39, 0.29) is 11.5 Å². The van der Waals surface area contributed by atoms with E-state index >= 15 is 0 Å². The van der Waals surface area contributed by atoms with Gasteiger partial charge in [-0.2, -0.15) is 0 Å². The number of likely N-dealkylation sites (tertiary alicyclic amines) is 1. The molecule has 2 rings (SSSR count). The molecule has 1 N–H and O–H groups in total. The van der Waals surface area contributed by atoms with Crippen molar-refractivity contribution < 1.29 is 9.53 Å². The summed E-state index contributed by atoms with van der Waals surface area (Å²) < 4.78 is 5.56. The summed E-state index contributed by atoms with van der Waals surface area (Å²) in [5.41, 5.74) is -0.137. The van der Waals surface area contributed by atoms with Crippen LogP contribution in [0.5, 0.6) is 0 Å². The average molecular weight is 282 g/mol. The van der Waals surface area contributed by atoms with Gasteiger partial charge in [0.25, 0.3) is 0 Å². The molecule has 0 bridgehead atoms. The first-order valence-electron chi connectivity index (χ1n) is 8.09. The first kappa shape index (κ1) is 15.6. The lowest BCUT2D eigenvalue weighted by molar-refractivity contribution is 0.0174. The SMILES string of the molecule is CC(C)(C)OC(=O)N1CCCCC2(CCCCNC2)C1. The Kier molecular flexibility index (Phi) is 4.95. The number of carbonyl (C=O) groups excluding carboxylic acids is 1. The van der Waals surface area contributed by atoms with Crippen molar-refractivity contribution in [1.82, 2.24) is 10.2 Å². The summed E-state index contributed by atoms with van der Waals surface area (Å²) in [5, 5.41) is 3.56. The zero-order valence-electron chi connectivity index (χ0n) is 13.3. The van der Waals surface area contributed by atoms with E-state index in [1.807, 2.05) is 25.7 Å². The maximum Gasteiger partial charge on any atom is 0.410 e. The topological polar surface area (TPSA) is 41.6 Å². The highest BCUT2D eigenvalue weighted by atomic mass is 16.6. The van der Waals surface area contributed by atoms with E-state index in [1.165, 1.54) is 32.1 Å². The Hall–Kier alpha value is -0.770. The number of nitrogens with zero attached hydrogens (tertiary/aromatic N) is 1. The predicted octanol–water partition coefficient (Wildman–Crippen LogP) is 3.17. The average Bonchev–Trinajstić information content (AvgIpc) is 2.68. The minimum atomic E-state index is -0.405. The third-order valence-corrected chi connectivity index (χ3v) is 4.37. The number of ether oxygens (including phenoxy) is 1. The normalized spacial score (nSPS) is 28.9. The van der Waals surface area contributed by atoms with Gasteiger partial charge in [-0.1, -0.05) is 12.8 Å². The first-order valence-corrected chi connectivity index (χ1v) is 8.09. The van der Waals surface area contributed by atoms with Crippen molar-refractivity contribution in [3.8, 4) is 0 Å². The number of rotatable bonds is 0. The Morgan fingerprint density at radius 3 is 2.55 bits per heavy atom. The Morgan fingerprint density at radius 2 is 1.85 bits per heavy atom. The lowest BCUT2D eigenvalue weighted by atomic mass is 9.79. The Balaban J connectivity index is 2.04. The molecule has 0 radical (unpaired) electrons. The Morgan fingerprint density at radius 1 is 1.15 bits per heavy atom. The van der Waals surface area contributed by atoms with Crippen LogP contribution in [0.1, 0.15) is 59.3 Å². The number of carbonyl (C=O) groups is 1. The van der Waals surface area contributed by atoms with Crippen LogP contribution in [0.4, 0.5) is 4.79 Å². The molecule has 2 fully saturated rings. The van der Waals surface area contributed by atoms with Gasteiger partial charge >= 0.3 is 6.09 Å². The van der Waals surface area contributed by atoms with E-state index in [0.717, 1.165) is 32.6 Å². The molecule has 4 nitrogen and oxygen atoms in total. The van der Waals surface area contributed by atoms with Gasteiger partial charge in [-0.05, 0) is 53.0 Å². The minimum Gasteiger partial charge on any atom is -0.444 e. The standard InChI is InChI=1S/C16H30N2O2/c1-15(2,3)20-14(19)18-11-7-5-9-16(13-18)8-4-6-10-17-12-16/h17H,4-13H2,1-3H3. The number of nitrogens with one attached hydrogen (secondary N) is 1. The summed E-state index contributed by atoms with van der Waals surface area (Å²) in [5.74, 6) is 0. The van der Waals surface area contributed by atoms with Gasteiger partial charge in [0.2, 0.25) is 0 Å². The molecule has 1 atom stereocenters. The zero-order valence-corrected chi connectivity index (χ0v) is 13.3. The van der Waals surface area contributed by atoms with Crippen molar-refractivity contribution in [2.75, 3.05) is 26.2 Å². The second kappa shape index (κ2) is 6.33. The molecule has 0 saturated carbocycles. The predicted molar refractivity (Wildman–Crippen MR) is 80.8 cm³/mol. The molecule has 2 saturated heterocycles. The molecule has 0 aromatic heterocycles. The smallest absolute Gasteiger partial charge is 0.410 e. The van der Waals surface area contributed by atoms with E-state index in [2.05, 4.69) is 5.32 Å². The lowest BCUT2D eigenvalue weighted by Gasteiger charge is -2.36. The van der Waals surface area contributed by atoms with Gasteiger partial charge in [0.15, 0.2) is 0 Å². The quantitative estimate of drug-likeness (QED) is 0.742. The van der Waals surface area contributed by atoms with Crippen LogP contribution in [0.15, 0.2) is 0 Å². The molecule has 0 aromatic rings. The second-order valence-corrected chi connectivity index (χ2v) is 7.49. The third kappa shape index (κ3) is 4.37. The molecular formula is C16H30N2O2. The fourth-order valence-electron chi connectivity index (χ4n) is 3.39. The van der Waals surface area contributed by atoms with Gasteiger partial charge in [-0.25, -0.2) is 4.79 Å². The molecule has 2 aliphatic heterocycles. The molecule has 1 amide bonds. The maximum atomic E-state index is 12.4. The molecule has 2 heterocycles. The van der Waals surface area contributed by atoms with Crippen LogP contribution < -0.4 is 5.32 Å². The minimum absolute atomic E-state index is 0.136. The molecule has 1 spiro atoms. The van der Waals surface area contributed by atoms with Gasteiger partial charge in [0.1, 0.15) is 5.60 Å². The largest absolute Gasteiger partial charge is 0.444 e. The first-order chi connectivity index (χ1) is 9.40. The molecule has 116 valence electrons. The summed E-state index contributed by atoms with van der Waals surface area (Å²) in [6.07, 6.45) is 7.19. The van der Waals surface area contributed by atoms with Crippen LogP contribution >= 0.6 is 0 Å². The summed E-state index contributed by atoms with van der Waals surface area (Å²) in [6.45, 7) is 9.68. The molecule has 0 aromatic carbocycles. The fourth-order valence-corrected chi connectivity index (χ4v) is 3.39. The number of amides is 1. The van der Waals surface area contributed by atoms with Gasteiger partial charge in [-0.15, -0.1) is 0 Å². The lowest BCUT2D eigenvalue weighted by Crippen LogP contribution is -2.45. The van der Waals surface area contributed by atoms with Crippen molar-refractivity contribution in [1.29, 1.82) is 0 Å². The highest BCUT2D eigenvalue weighted by Gasteiger charge is 2.37. The van der Waals surface area contributed by atoms with Gasteiger partial charge < -0.3 is 15.0 Å². The summed E-state index contributed by atoms with van der Waals surface area (Å²) in [4.78, 5) is 14.3. The van der Waals surface area contributed by atoms with E-state index in [9.17, 15) is 4.79 Å². The molecule has 20 heavy (non-hydrogen) atoms. The van der Waals surface area contributed by atoms with Gasteiger partial charge in [-0.3, -0.25) is 0 Å². The Bertz CT molecular complexity index is 322. The third-order valence-electron chi connectivity index (χ3n) is 4.37. The van der Waals surface area contributed by atoms with E-state index in [0.29, 0.717) is 0 Å². The van der Waals surface area contributed by atoms with E-state index < -0.39 is 5.60 Å². The monoisotopic (exact) mass is 282 g/mol. The number of hydrogen-bond acceptors (Lipinski definition) is 3. The maximum absolute atomic E-state index is 12.4. The Labute approximate surface area is 123 Å². The van der Waals surface area contributed by atoms with Crippen LogP contribution in [-0.2, 0) is 4.74 Å². The van der Waals surface area contributed by atoms with E-state index in [1.54, 1.807) is 0 Å². The molecule has 1 unspecified atom stereocenters. The van der Waals surface area contributed by atoms with Gasteiger partial charge in [0.05, 0.1) is 0 Å². The van der Waals surface area contributed by atoms with Crippen molar-refractivity contribution in [3.63, 3.8) is 0 Å². The molecule has 4 heteroatoms. The van der Waals surface area contributed by atoms with Crippen molar-refractivity contribution in [3.05, 3.63) is 0 Å². The second-order valence-electron chi connectivity index (χ2n) is 7.49. The van der Waals surface area contributed by atoms with Crippen LogP contribution in [0.25, 0.3) is 0 Å². The van der Waals surface area contributed by atoms with Crippen LogP contribution in [0.3, 0.4) is 0 Å². The van der Waals surface area contributed by atoms with Crippen LogP contribution in [0, 0.1) is 5.41 Å². The van der Waals surface area contributed by atoms with Crippen molar-refractivity contribution >= 4 is 6.09 Å². The van der Waals surface area contributed by atoms with Gasteiger partial charge in [0, 0.05) is 25.0 Å². The van der Waals surface area contributed by atoms with Crippen LogP contribution in [-0.4, -0.2) is 42.8 Å². The van der Waals surface area contributed by atoms with Crippen molar-refractivity contribution in [2.45, 2.75) is 64.9 Å². The highest BCUT2D eigenvalue weighted by molar-refractivity contribution is 5.68. The van der Waals surface area contributed by atoms with E-state index in [4.69, 9.17) is 4.74 Å². The molecule has 2 aliphatic rings. The van der Waals surface area contributed by atoms with Crippen molar-refractivity contribution in [2.24, 2.45) is 5.41 Å².